The van der Waals surface area contributed by atoms with Crippen LogP contribution in [0.4, 0.5) is 0 Å². The van der Waals surface area contributed by atoms with Gasteiger partial charge < -0.3 is 4.74 Å². The zero-order chi connectivity index (χ0) is 12.6. The van der Waals surface area contributed by atoms with Crippen LogP contribution in [-0.4, -0.2) is 39.3 Å². The van der Waals surface area contributed by atoms with Gasteiger partial charge in [0, 0.05) is 19.0 Å². The fraction of sp³-hybridized carbons (Fsp3) is 1.00. The van der Waals surface area contributed by atoms with Crippen LogP contribution in [0, 0.1) is 5.92 Å². The van der Waals surface area contributed by atoms with E-state index in [9.17, 15) is 8.42 Å². The molecule has 0 aliphatic rings. The van der Waals surface area contributed by atoms with Gasteiger partial charge >= 0.3 is 0 Å². The molecule has 0 aromatic rings. The fourth-order valence-corrected chi connectivity index (χ4v) is 2.78. The van der Waals surface area contributed by atoms with E-state index in [0.29, 0.717) is 25.5 Å². The monoisotopic (exact) mass is 271 g/mol. The Balaban J connectivity index is 3.67. The molecule has 0 saturated heterocycles. The lowest BCUT2D eigenvalue weighted by molar-refractivity contribution is 0.0778. The summed E-state index contributed by atoms with van der Waals surface area (Å²) in [5, 5.41) is 0. The zero-order valence-corrected chi connectivity index (χ0v) is 11.8. The minimum Gasteiger partial charge on any atom is -0.379 e. The maximum absolute atomic E-state index is 11.5. The van der Waals surface area contributed by atoms with Gasteiger partial charge in [-0.2, -0.15) is 0 Å². The van der Waals surface area contributed by atoms with Crippen LogP contribution in [0.15, 0.2) is 0 Å². The van der Waals surface area contributed by atoms with Crippen LogP contribution in [0.25, 0.3) is 0 Å². The molecular weight excluding hydrogens is 250 g/mol. The van der Waals surface area contributed by atoms with Crippen LogP contribution in [0.2, 0.25) is 0 Å². The van der Waals surface area contributed by atoms with E-state index in [1.54, 1.807) is 0 Å². The van der Waals surface area contributed by atoms with Crippen molar-refractivity contribution in [2.45, 2.75) is 33.3 Å². The van der Waals surface area contributed by atoms with Gasteiger partial charge in [0.25, 0.3) is 0 Å². The van der Waals surface area contributed by atoms with Crippen molar-refractivity contribution in [2.75, 3.05) is 24.8 Å². The normalized spacial score (nSPS) is 14.3. The fourth-order valence-electron chi connectivity index (χ4n) is 1.10. The molecule has 0 heterocycles. The first kappa shape index (κ1) is 16.2. The van der Waals surface area contributed by atoms with Gasteiger partial charge in [0.05, 0.1) is 11.9 Å². The van der Waals surface area contributed by atoms with Crippen LogP contribution < -0.4 is 4.72 Å². The number of alkyl halides is 1. The summed E-state index contributed by atoms with van der Waals surface area (Å²) >= 11 is 5.56. The summed E-state index contributed by atoms with van der Waals surface area (Å²) in [5.74, 6) is 0.421. The third kappa shape index (κ3) is 9.39. The predicted molar refractivity (Wildman–Crippen MR) is 67.4 cm³/mol. The quantitative estimate of drug-likeness (QED) is 0.512. The van der Waals surface area contributed by atoms with Crippen LogP contribution in [0.3, 0.4) is 0 Å². The molecule has 0 saturated carbocycles. The number of hydrogen-bond acceptors (Lipinski definition) is 3. The summed E-state index contributed by atoms with van der Waals surface area (Å²) in [4.78, 5) is 0. The Bertz CT molecular complexity index is 267. The maximum Gasteiger partial charge on any atom is 0.211 e. The van der Waals surface area contributed by atoms with Crippen molar-refractivity contribution in [3.05, 3.63) is 0 Å². The number of halogens is 1. The average Bonchev–Trinajstić information content (AvgIpc) is 2.15. The molecule has 16 heavy (non-hydrogen) atoms. The number of sulfonamides is 1. The van der Waals surface area contributed by atoms with Crippen molar-refractivity contribution in [3.8, 4) is 0 Å². The molecular formula is C10H22ClNO3S. The highest BCUT2D eigenvalue weighted by Gasteiger charge is 2.13. The smallest absolute Gasteiger partial charge is 0.211 e. The molecule has 0 amide bonds. The van der Waals surface area contributed by atoms with Gasteiger partial charge in [-0.1, -0.05) is 6.92 Å². The molecule has 0 spiro atoms. The lowest BCUT2D eigenvalue weighted by atomic mass is 10.3. The molecule has 6 heteroatoms. The summed E-state index contributed by atoms with van der Waals surface area (Å²) in [7, 11) is -3.18. The second kappa shape index (κ2) is 8.28. The maximum atomic E-state index is 11.5. The van der Waals surface area contributed by atoms with Crippen LogP contribution >= 0.6 is 11.6 Å². The first-order chi connectivity index (χ1) is 7.37. The van der Waals surface area contributed by atoms with Crippen LogP contribution in [0.5, 0.6) is 0 Å². The van der Waals surface area contributed by atoms with Crippen molar-refractivity contribution in [2.24, 2.45) is 5.92 Å². The summed E-state index contributed by atoms with van der Waals surface area (Å²) in [6.45, 7) is 6.71. The largest absolute Gasteiger partial charge is 0.379 e. The third-order valence-corrected chi connectivity index (χ3v) is 4.04. The second-order valence-electron chi connectivity index (χ2n) is 4.21. The van der Waals surface area contributed by atoms with E-state index < -0.39 is 10.0 Å². The first-order valence-corrected chi connectivity index (χ1v) is 7.71. The number of ether oxygens (including phenoxy) is 1. The number of nitrogens with one attached hydrogen (secondary N) is 1. The molecule has 0 rings (SSSR count). The van der Waals surface area contributed by atoms with Crippen molar-refractivity contribution in [3.63, 3.8) is 0 Å². The van der Waals surface area contributed by atoms with Crippen molar-refractivity contribution in [1.29, 1.82) is 0 Å². The Labute approximate surface area is 104 Å². The number of hydrogen-bond donors (Lipinski definition) is 1. The highest BCUT2D eigenvalue weighted by Crippen LogP contribution is 2.01. The van der Waals surface area contributed by atoms with Gasteiger partial charge in [0.1, 0.15) is 0 Å². The Kier molecular flexibility index (Phi) is 8.36. The number of rotatable bonds is 9. The molecule has 0 aromatic heterocycles. The lowest BCUT2D eigenvalue weighted by Crippen LogP contribution is -2.31. The molecule has 1 N–H and O–H groups in total. The third-order valence-electron chi connectivity index (χ3n) is 1.86. The topological polar surface area (TPSA) is 55.4 Å². The van der Waals surface area contributed by atoms with E-state index in [0.717, 1.165) is 0 Å². The summed E-state index contributed by atoms with van der Waals surface area (Å²) < 4.78 is 30.8. The molecule has 4 nitrogen and oxygen atoms in total. The minimum atomic E-state index is -3.18. The van der Waals surface area contributed by atoms with E-state index in [-0.39, 0.29) is 17.8 Å². The van der Waals surface area contributed by atoms with Gasteiger partial charge in [0.2, 0.25) is 10.0 Å². The molecule has 1 unspecified atom stereocenters. The van der Waals surface area contributed by atoms with Gasteiger partial charge in [-0.15, -0.1) is 11.6 Å². The molecule has 0 bridgehead atoms. The van der Waals surface area contributed by atoms with Crippen LogP contribution in [-0.2, 0) is 14.8 Å². The SMILES string of the molecule is CC(CCl)CS(=O)(=O)NCCCOC(C)C. The van der Waals surface area contributed by atoms with Crippen molar-refractivity contribution >= 4 is 21.6 Å². The Hall–Kier alpha value is 0.160. The van der Waals surface area contributed by atoms with E-state index in [1.807, 2.05) is 20.8 Å². The molecule has 0 radical (unpaired) electrons. The highest BCUT2D eigenvalue weighted by atomic mass is 35.5. The predicted octanol–water partition coefficient (Wildman–Crippen LogP) is 1.60. The molecule has 0 aliphatic heterocycles. The van der Waals surface area contributed by atoms with E-state index >= 15 is 0 Å². The molecule has 1 atom stereocenters. The molecule has 0 aliphatic carbocycles. The Morgan fingerprint density at radius 1 is 1.31 bits per heavy atom. The van der Waals surface area contributed by atoms with Crippen molar-refractivity contribution in [1.82, 2.24) is 4.72 Å². The standard InChI is InChI=1S/C10H22ClNO3S/c1-9(2)15-6-4-5-12-16(13,14)8-10(3)7-11/h9-10,12H,4-8H2,1-3H3. The second-order valence-corrected chi connectivity index (χ2v) is 6.37. The molecule has 0 fully saturated rings. The Morgan fingerprint density at radius 2 is 1.94 bits per heavy atom. The van der Waals surface area contributed by atoms with Crippen LogP contribution in [0.1, 0.15) is 27.2 Å². The van der Waals surface area contributed by atoms with Gasteiger partial charge in [-0.05, 0) is 26.2 Å². The summed E-state index contributed by atoms with van der Waals surface area (Å²) in [6.07, 6.45) is 0.875. The van der Waals surface area contributed by atoms with E-state index in [4.69, 9.17) is 16.3 Å². The minimum absolute atomic E-state index is 0.0221. The van der Waals surface area contributed by atoms with Gasteiger partial charge in [-0.3, -0.25) is 0 Å². The average molecular weight is 272 g/mol. The highest BCUT2D eigenvalue weighted by molar-refractivity contribution is 7.89. The van der Waals surface area contributed by atoms with Crippen molar-refractivity contribution < 1.29 is 13.2 Å². The summed E-state index contributed by atoms with van der Waals surface area (Å²) in [6, 6.07) is 0. The van der Waals surface area contributed by atoms with E-state index in [1.165, 1.54) is 0 Å². The van der Waals surface area contributed by atoms with Gasteiger partial charge in [-0.25, -0.2) is 13.1 Å². The Morgan fingerprint density at radius 3 is 2.44 bits per heavy atom. The van der Waals surface area contributed by atoms with E-state index in [2.05, 4.69) is 4.72 Å². The first-order valence-electron chi connectivity index (χ1n) is 5.52. The molecule has 0 aromatic carbocycles. The molecule has 98 valence electrons. The zero-order valence-electron chi connectivity index (χ0n) is 10.2. The lowest BCUT2D eigenvalue weighted by Gasteiger charge is -2.11. The summed E-state index contributed by atoms with van der Waals surface area (Å²) in [5.41, 5.74) is 0. The van der Waals surface area contributed by atoms with Gasteiger partial charge in [0.15, 0.2) is 0 Å².